The number of pyridine rings is 2. The third-order valence-electron chi connectivity index (χ3n) is 4.88. The number of fused-ring (bicyclic) bond motifs is 1. The Morgan fingerprint density at radius 2 is 2.11 bits per heavy atom. The summed E-state index contributed by atoms with van der Waals surface area (Å²) in [5, 5.41) is 13.1. The molecule has 1 aliphatic heterocycles. The van der Waals surface area contributed by atoms with E-state index < -0.39 is 0 Å². The van der Waals surface area contributed by atoms with Crippen LogP contribution in [0.5, 0.6) is 0 Å². The Labute approximate surface area is 157 Å². The number of amides is 1. The summed E-state index contributed by atoms with van der Waals surface area (Å²) in [6.45, 7) is 2.02. The first kappa shape index (κ1) is 17.5. The molecule has 3 aromatic rings. The van der Waals surface area contributed by atoms with Crippen molar-refractivity contribution in [2.24, 2.45) is 0 Å². The first-order valence-corrected chi connectivity index (χ1v) is 9.35. The van der Waals surface area contributed by atoms with Crippen LogP contribution < -0.4 is 5.32 Å². The molecule has 4 heterocycles. The Bertz CT molecular complexity index is 946. The minimum atomic E-state index is 0.0159. The fourth-order valence-electron chi connectivity index (χ4n) is 3.57. The van der Waals surface area contributed by atoms with Crippen LogP contribution in [0.2, 0.25) is 0 Å². The molecule has 0 saturated carbocycles. The second-order valence-electron chi connectivity index (χ2n) is 6.70. The zero-order valence-electron chi connectivity index (χ0n) is 15.1. The molecule has 1 fully saturated rings. The number of carbonyl (C=O) groups is 1. The Morgan fingerprint density at radius 3 is 2.93 bits per heavy atom. The summed E-state index contributed by atoms with van der Waals surface area (Å²) < 4.78 is 0. The van der Waals surface area contributed by atoms with Gasteiger partial charge in [-0.1, -0.05) is 0 Å². The molecule has 1 aliphatic rings. The van der Waals surface area contributed by atoms with E-state index in [1.807, 2.05) is 29.3 Å². The summed E-state index contributed by atoms with van der Waals surface area (Å²) in [6, 6.07) is 7.48. The standard InChI is InChI=1S/C20H23N5O2/c26-12-9-21-17-13-16(14-6-8-23-19(14)24-17)18-15(5-4-7-22-18)20(27)25-10-2-1-3-11-25/h4-8,13,26H,1-3,9-12H2,(H2,21,23,24). The van der Waals surface area contributed by atoms with Crippen LogP contribution in [0.25, 0.3) is 22.3 Å². The van der Waals surface area contributed by atoms with Crippen LogP contribution in [0, 0.1) is 0 Å². The van der Waals surface area contributed by atoms with Crippen molar-refractivity contribution >= 4 is 22.8 Å². The van der Waals surface area contributed by atoms with E-state index in [0.29, 0.717) is 23.6 Å². The highest BCUT2D eigenvalue weighted by Crippen LogP contribution is 2.31. The maximum Gasteiger partial charge on any atom is 0.256 e. The number of carbonyl (C=O) groups excluding carboxylic acids is 1. The summed E-state index contributed by atoms with van der Waals surface area (Å²) in [6.07, 6.45) is 6.81. The highest BCUT2D eigenvalue weighted by atomic mass is 16.3. The molecule has 7 nitrogen and oxygen atoms in total. The van der Waals surface area contributed by atoms with Crippen molar-refractivity contribution in [3.63, 3.8) is 0 Å². The number of hydrogen-bond donors (Lipinski definition) is 3. The van der Waals surface area contributed by atoms with Gasteiger partial charge in [-0.25, -0.2) is 4.98 Å². The Morgan fingerprint density at radius 1 is 1.26 bits per heavy atom. The monoisotopic (exact) mass is 365 g/mol. The van der Waals surface area contributed by atoms with E-state index in [1.165, 1.54) is 6.42 Å². The quantitative estimate of drug-likeness (QED) is 0.646. The lowest BCUT2D eigenvalue weighted by Crippen LogP contribution is -2.36. The molecule has 140 valence electrons. The van der Waals surface area contributed by atoms with Gasteiger partial charge in [0, 0.05) is 43.0 Å². The molecular formula is C20H23N5O2. The van der Waals surface area contributed by atoms with Gasteiger partial charge in [0.2, 0.25) is 0 Å². The van der Waals surface area contributed by atoms with Crippen LogP contribution >= 0.6 is 0 Å². The highest BCUT2D eigenvalue weighted by Gasteiger charge is 2.23. The van der Waals surface area contributed by atoms with Gasteiger partial charge in [-0.15, -0.1) is 0 Å². The number of aliphatic hydroxyl groups is 1. The second-order valence-corrected chi connectivity index (χ2v) is 6.70. The average molecular weight is 365 g/mol. The number of hydrogen-bond acceptors (Lipinski definition) is 5. The largest absolute Gasteiger partial charge is 0.395 e. The van der Waals surface area contributed by atoms with Crippen molar-refractivity contribution in [2.75, 3.05) is 31.6 Å². The number of rotatable bonds is 5. The minimum Gasteiger partial charge on any atom is -0.395 e. The molecule has 0 atom stereocenters. The van der Waals surface area contributed by atoms with Gasteiger partial charge in [0.05, 0.1) is 17.9 Å². The molecule has 0 unspecified atom stereocenters. The molecule has 0 bridgehead atoms. The van der Waals surface area contributed by atoms with Gasteiger partial charge in [-0.3, -0.25) is 9.78 Å². The molecule has 1 amide bonds. The topological polar surface area (TPSA) is 94.1 Å². The van der Waals surface area contributed by atoms with Crippen molar-refractivity contribution in [1.82, 2.24) is 19.9 Å². The molecule has 3 N–H and O–H groups in total. The normalized spacial score (nSPS) is 14.5. The van der Waals surface area contributed by atoms with E-state index in [2.05, 4.69) is 20.3 Å². The molecule has 3 aromatic heterocycles. The SMILES string of the molecule is O=C(c1cccnc1-c1cc(NCCO)nc2[nH]ccc12)N1CCCCC1. The molecule has 7 heteroatoms. The number of piperidine rings is 1. The van der Waals surface area contributed by atoms with Gasteiger partial charge in [0.15, 0.2) is 0 Å². The predicted molar refractivity (Wildman–Crippen MR) is 105 cm³/mol. The van der Waals surface area contributed by atoms with Crippen LogP contribution in [0.1, 0.15) is 29.6 Å². The number of nitrogens with zero attached hydrogens (tertiary/aromatic N) is 3. The third kappa shape index (κ3) is 3.50. The number of H-pyrrole nitrogens is 1. The van der Waals surface area contributed by atoms with E-state index in [4.69, 9.17) is 5.11 Å². The van der Waals surface area contributed by atoms with Crippen LogP contribution in [-0.4, -0.2) is 57.1 Å². The smallest absolute Gasteiger partial charge is 0.256 e. The average Bonchev–Trinajstić information content (AvgIpc) is 3.20. The Balaban J connectivity index is 1.79. The van der Waals surface area contributed by atoms with Gasteiger partial charge >= 0.3 is 0 Å². The molecule has 0 aromatic carbocycles. The van der Waals surface area contributed by atoms with Crippen LogP contribution in [0.15, 0.2) is 36.7 Å². The van der Waals surface area contributed by atoms with E-state index in [9.17, 15) is 4.79 Å². The minimum absolute atomic E-state index is 0.0159. The molecule has 0 radical (unpaired) electrons. The maximum atomic E-state index is 13.1. The van der Waals surface area contributed by atoms with Gasteiger partial charge < -0.3 is 20.3 Å². The van der Waals surface area contributed by atoms with E-state index in [-0.39, 0.29) is 12.5 Å². The third-order valence-corrected chi connectivity index (χ3v) is 4.88. The first-order chi connectivity index (χ1) is 13.3. The lowest BCUT2D eigenvalue weighted by Gasteiger charge is -2.27. The molecular weight excluding hydrogens is 342 g/mol. The maximum absolute atomic E-state index is 13.1. The number of anilines is 1. The number of likely N-dealkylation sites (tertiary alicyclic amines) is 1. The number of aromatic nitrogens is 3. The van der Waals surface area contributed by atoms with Gasteiger partial charge in [-0.05, 0) is 43.5 Å². The summed E-state index contributed by atoms with van der Waals surface area (Å²) in [5.74, 6) is 0.666. The predicted octanol–water partition coefficient (Wildman–Crippen LogP) is 2.66. The number of aromatic amines is 1. The zero-order valence-corrected chi connectivity index (χ0v) is 15.1. The molecule has 27 heavy (non-hydrogen) atoms. The fraction of sp³-hybridized carbons (Fsp3) is 0.350. The summed E-state index contributed by atoms with van der Waals surface area (Å²) in [7, 11) is 0. The summed E-state index contributed by atoms with van der Waals surface area (Å²) in [5.41, 5.74) is 2.84. The van der Waals surface area contributed by atoms with E-state index in [0.717, 1.165) is 42.5 Å². The lowest BCUT2D eigenvalue weighted by molar-refractivity contribution is 0.0725. The van der Waals surface area contributed by atoms with Gasteiger partial charge in [0.25, 0.3) is 5.91 Å². The van der Waals surface area contributed by atoms with Crippen LogP contribution in [0.3, 0.4) is 0 Å². The highest BCUT2D eigenvalue weighted by molar-refractivity contribution is 6.04. The van der Waals surface area contributed by atoms with Gasteiger partial charge in [0.1, 0.15) is 11.5 Å². The Kier molecular flexibility index (Phi) is 5.02. The number of aliphatic hydroxyl groups excluding tert-OH is 1. The summed E-state index contributed by atoms with van der Waals surface area (Å²) in [4.78, 5) is 27.3. The lowest BCUT2D eigenvalue weighted by atomic mass is 10.0. The van der Waals surface area contributed by atoms with Crippen molar-refractivity contribution in [3.05, 3.63) is 42.2 Å². The zero-order chi connectivity index (χ0) is 18.6. The second kappa shape index (κ2) is 7.75. The Hall–Kier alpha value is -2.93. The molecule has 0 spiro atoms. The van der Waals surface area contributed by atoms with Crippen molar-refractivity contribution in [1.29, 1.82) is 0 Å². The fourth-order valence-corrected chi connectivity index (χ4v) is 3.57. The van der Waals surface area contributed by atoms with Gasteiger partial charge in [-0.2, -0.15) is 0 Å². The first-order valence-electron chi connectivity index (χ1n) is 9.35. The summed E-state index contributed by atoms with van der Waals surface area (Å²) >= 11 is 0. The van der Waals surface area contributed by atoms with Crippen molar-refractivity contribution < 1.29 is 9.90 Å². The van der Waals surface area contributed by atoms with Crippen LogP contribution in [-0.2, 0) is 0 Å². The van der Waals surface area contributed by atoms with Crippen molar-refractivity contribution in [3.8, 4) is 11.3 Å². The van der Waals surface area contributed by atoms with E-state index in [1.54, 1.807) is 12.3 Å². The molecule has 0 aliphatic carbocycles. The molecule has 1 saturated heterocycles. The van der Waals surface area contributed by atoms with Crippen molar-refractivity contribution in [2.45, 2.75) is 19.3 Å². The molecule has 4 rings (SSSR count). The number of nitrogens with one attached hydrogen (secondary N) is 2. The van der Waals surface area contributed by atoms with Crippen LogP contribution in [0.4, 0.5) is 5.82 Å². The van der Waals surface area contributed by atoms with E-state index >= 15 is 0 Å².